The molecule has 5 rings (SSSR count). The Kier molecular flexibility index (Phi) is 3.47. The third kappa shape index (κ3) is 2.37. The van der Waals surface area contributed by atoms with Crippen molar-refractivity contribution in [2.24, 2.45) is 0 Å². The van der Waals surface area contributed by atoms with E-state index in [4.69, 9.17) is 11.6 Å². The molecule has 1 aliphatic rings. The van der Waals surface area contributed by atoms with Gasteiger partial charge < -0.3 is 5.32 Å². The molecular weight excluding hydrogens is 344 g/mol. The van der Waals surface area contributed by atoms with Gasteiger partial charge in [-0.05, 0) is 35.0 Å². The summed E-state index contributed by atoms with van der Waals surface area (Å²) in [6.45, 7) is 2.97. The van der Waals surface area contributed by atoms with Crippen molar-refractivity contribution in [1.82, 2.24) is 14.8 Å². The average molecular weight is 361 g/mol. The molecule has 1 aromatic heterocycles. The van der Waals surface area contributed by atoms with Gasteiger partial charge in [0.15, 0.2) is 5.82 Å². The maximum atomic E-state index is 6.29. The first-order valence-corrected chi connectivity index (χ1v) is 9.07. The number of hydrogen-bond acceptors (Lipinski definition) is 3. The van der Waals surface area contributed by atoms with Crippen LogP contribution in [0, 0.1) is 0 Å². The van der Waals surface area contributed by atoms with Gasteiger partial charge in [0.05, 0.1) is 11.4 Å². The molecule has 0 spiro atoms. The number of fused-ring (bicyclic) bond motifs is 4. The van der Waals surface area contributed by atoms with Gasteiger partial charge in [-0.25, -0.2) is 0 Å². The fourth-order valence-electron chi connectivity index (χ4n) is 3.56. The van der Waals surface area contributed by atoms with E-state index in [9.17, 15) is 0 Å². The summed E-state index contributed by atoms with van der Waals surface area (Å²) in [5.74, 6) is 2.02. The average Bonchev–Trinajstić information content (AvgIpc) is 3.06. The van der Waals surface area contributed by atoms with Crippen molar-refractivity contribution in [2.75, 3.05) is 11.9 Å². The van der Waals surface area contributed by atoms with Crippen LogP contribution < -0.4 is 5.32 Å². The lowest BCUT2D eigenvalue weighted by Gasteiger charge is -2.13. The minimum absolute atomic E-state index is 0.239. The van der Waals surface area contributed by atoms with Crippen molar-refractivity contribution < 1.29 is 0 Å². The molecule has 1 N–H and O–H groups in total. The van der Waals surface area contributed by atoms with Crippen LogP contribution in [-0.2, 0) is 0 Å². The minimum atomic E-state index is 0.239. The zero-order chi connectivity index (χ0) is 17.7. The Hall–Kier alpha value is -2.85. The van der Waals surface area contributed by atoms with Crippen LogP contribution in [0.15, 0.2) is 60.7 Å². The van der Waals surface area contributed by atoms with Crippen LogP contribution in [0.25, 0.3) is 27.8 Å². The fraction of sp³-hybridized carbons (Fsp3) is 0.143. The number of benzene rings is 3. The van der Waals surface area contributed by atoms with E-state index in [1.54, 1.807) is 0 Å². The van der Waals surface area contributed by atoms with Crippen LogP contribution in [0.5, 0.6) is 0 Å². The second kappa shape index (κ2) is 5.85. The van der Waals surface area contributed by atoms with E-state index in [1.165, 1.54) is 10.8 Å². The van der Waals surface area contributed by atoms with E-state index in [1.807, 2.05) is 18.2 Å². The lowest BCUT2D eigenvalue weighted by atomic mass is 10.1. The highest BCUT2D eigenvalue weighted by atomic mass is 35.5. The predicted molar refractivity (Wildman–Crippen MR) is 106 cm³/mol. The fourth-order valence-corrected chi connectivity index (χ4v) is 3.73. The maximum Gasteiger partial charge on any atom is 0.168 e. The summed E-state index contributed by atoms with van der Waals surface area (Å²) in [5.41, 5.74) is 3.08. The molecule has 3 aromatic carbocycles. The van der Waals surface area contributed by atoms with Gasteiger partial charge in [0.2, 0.25) is 0 Å². The summed E-state index contributed by atoms with van der Waals surface area (Å²) >= 11 is 6.29. The van der Waals surface area contributed by atoms with Gasteiger partial charge in [0, 0.05) is 23.0 Å². The molecule has 1 atom stereocenters. The summed E-state index contributed by atoms with van der Waals surface area (Å²) in [6, 6.07) is 20.6. The molecule has 0 bridgehead atoms. The van der Waals surface area contributed by atoms with Crippen LogP contribution in [0.2, 0.25) is 5.02 Å². The van der Waals surface area contributed by atoms with Gasteiger partial charge in [-0.1, -0.05) is 54.9 Å². The molecular formula is C21H17ClN4. The SMILES string of the molecule is CC1CNc2ccc(Cl)cc2-n2c(-c3ccc4ccccc4c3)nnc21. The molecule has 4 nitrogen and oxygen atoms in total. The summed E-state index contributed by atoms with van der Waals surface area (Å²) in [7, 11) is 0. The monoisotopic (exact) mass is 360 g/mol. The zero-order valence-electron chi connectivity index (χ0n) is 14.3. The molecule has 0 saturated heterocycles. The molecule has 1 aliphatic heterocycles. The van der Waals surface area contributed by atoms with Crippen LogP contribution in [0.3, 0.4) is 0 Å². The van der Waals surface area contributed by atoms with Crippen molar-refractivity contribution in [1.29, 1.82) is 0 Å². The molecule has 2 heterocycles. The first kappa shape index (κ1) is 15.4. The first-order valence-electron chi connectivity index (χ1n) is 8.69. The summed E-state index contributed by atoms with van der Waals surface area (Å²) in [4.78, 5) is 0. The van der Waals surface area contributed by atoms with Crippen molar-refractivity contribution in [2.45, 2.75) is 12.8 Å². The predicted octanol–water partition coefficient (Wildman–Crippen LogP) is 5.27. The van der Waals surface area contributed by atoms with Gasteiger partial charge in [-0.2, -0.15) is 0 Å². The van der Waals surface area contributed by atoms with Crippen LogP contribution >= 0.6 is 11.6 Å². The Balaban J connectivity index is 1.78. The molecule has 5 heteroatoms. The van der Waals surface area contributed by atoms with Gasteiger partial charge in [0.25, 0.3) is 0 Å². The van der Waals surface area contributed by atoms with E-state index in [0.717, 1.165) is 35.1 Å². The van der Waals surface area contributed by atoms with E-state index in [0.29, 0.717) is 5.02 Å². The molecule has 4 aromatic rings. The van der Waals surface area contributed by atoms with E-state index in [2.05, 4.69) is 69.5 Å². The normalized spacial score (nSPS) is 15.8. The smallest absolute Gasteiger partial charge is 0.168 e. The highest BCUT2D eigenvalue weighted by Crippen LogP contribution is 2.35. The van der Waals surface area contributed by atoms with Gasteiger partial charge in [-0.3, -0.25) is 4.57 Å². The van der Waals surface area contributed by atoms with Crippen LogP contribution in [-0.4, -0.2) is 21.3 Å². The number of rotatable bonds is 1. The van der Waals surface area contributed by atoms with Gasteiger partial charge >= 0.3 is 0 Å². The lowest BCUT2D eigenvalue weighted by Crippen LogP contribution is -2.09. The Morgan fingerprint density at radius 1 is 1.00 bits per heavy atom. The number of nitrogens with zero attached hydrogens (tertiary/aromatic N) is 3. The quantitative estimate of drug-likeness (QED) is 0.503. The number of nitrogens with one attached hydrogen (secondary N) is 1. The Labute approximate surface area is 156 Å². The highest BCUT2D eigenvalue weighted by Gasteiger charge is 2.25. The first-order chi connectivity index (χ1) is 12.7. The Morgan fingerprint density at radius 2 is 1.85 bits per heavy atom. The van der Waals surface area contributed by atoms with Crippen molar-refractivity contribution in [3.8, 4) is 17.1 Å². The molecule has 128 valence electrons. The topological polar surface area (TPSA) is 42.7 Å². The van der Waals surface area contributed by atoms with Crippen molar-refractivity contribution in [3.63, 3.8) is 0 Å². The molecule has 0 saturated carbocycles. The molecule has 0 amide bonds. The van der Waals surface area contributed by atoms with Crippen molar-refractivity contribution >= 4 is 28.1 Å². The highest BCUT2D eigenvalue weighted by molar-refractivity contribution is 6.30. The number of anilines is 1. The van der Waals surface area contributed by atoms with Crippen LogP contribution in [0.4, 0.5) is 5.69 Å². The molecule has 1 unspecified atom stereocenters. The number of hydrogen-bond donors (Lipinski definition) is 1. The van der Waals surface area contributed by atoms with Gasteiger partial charge in [0.1, 0.15) is 5.82 Å². The summed E-state index contributed by atoms with van der Waals surface area (Å²) in [6.07, 6.45) is 0. The Morgan fingerprint density at radius 3 is 2.73 bits per heavy atom. The molecule has 0 aliphatic carbocycles. The molecule has 0 fully saturated rings. The van der Waals surface area contributed by atoms with E-state index >= 15 is 0 Å². The third-order valence-electron chi connectivity index (χ3n) is 4.94. The largest absolute Gasteiger partial charge is 0.383 e. The second-order valence-electron chi connectivity index (χ2n) is 6.72. The summed E-state index contributed by atoms with van der Waals surface area (Å²) < 4.78 is 2.13. The zero-order valence-corrected chi connectivity index (χ0v) is 15.0. The van der Waals surface area contributed by atoms with E-state index < -0.39 is 0 Å². The Bertz CT molecular complexity index is 1130. The lowest BCUT2D eigenvalue weighted by molar-refractivity contribution is 0.725. The maximum absolute atomic E-state index is 6.29. The van der Waals surface area contributed by atoms with Crippen molar-refractivity contribution in [3.05, 3.63) is 71.5 Å². The molecule has 0 radical (unpaired) electrons. The second-order valence-corrected chi connectivity index (χ2v) is 7.16. The minimum Gasteiger partial charge on any atom is -0.383 e. The summed E-state index contributed by atoms with van der Waals surface area (Å²) in [5, 5.41) is 15.6. The number of halogens is 1. The molecule has 26 heavy (non-hydrogen) atoms. The van der Waals surface area contributed by atoms with Gasteiger partial charge in [-0.15, -0.1) is 10.2 Å². The van der Waals surface area contributed by atoms with E-state index in [-0.39, 0.29) is 5.92 Å². The third-order valence-corrected chi connectivity index (χ3v) is 5.17. The van der Waals surface area contributed by atoms with Crippen LogP contribution in [0.1, 0.15) is 18.7 Å². The number of aromatic nitrogens is 3. The standard InChI is InChI=1S/C21H17ClN4/c1-13-12-23-18-9-8-17(22)11-19(18)26-20(13)24-25-21(26)16-7-6-14-4-2-3-5-15(14)10-16/h2-11,13,23H,12H2,1H3.